The smallest absolute Gasteiger partial charge is 0.244 e. The standard InChI is InChI=1S/C15H18FN3O3S/c1-10-5-6-17-7-8-19(10)23(21,22)13-4-2-3-11-14(13)12(16)9-18-15(11)20/h2-4,9-10,17H,5-8H2,1H3,(H,18,20). The van der Waals surface area contributed by atoms with Crippen LogP contribution >= 0.6 is 0 Å². The minimum absolute atomic E-state index is 0.0895. The molecule has 23 heavy (non-hydrogen) atoms. The molecule has 2 aromatic rings. The fraction of sp³-hybridized carbons (Fsp3) is 0.400. The molecule has 0 amide bonds. The van der Waals surface area contributed by atoms with E-state index >= 15 is 0 Å². The van der Waals surface area contributed by atoms with Crippen LogP contribution < -0.4 is 5.32 Å². The van der Waals surface area contributed by atoms with Gasteiger partial charge in [0, 0.05) is 29.9 Å². The Morgan fingerprint density at radius 1 is 1.39 bits per heavy atom. The Bertz CT molecular complexity index is 841. The Hall–Kier alpha value is -1.77. The van der Waals surface area contributed by atoms with Crippen LogP contribution in [0.2, 0.25) is 0 Å². The van der Waals surface area contributed by atoms with Crippen molar-refractivity contribution in [2.75, 3.05) is 19.6 Å². The highest BCUT2D eigenvalue weighted by molar-refractivity contribution is 7.89. The van der Waals surface area contributed by atoms with E-state index in [1.165, 1.54) is 22.5 Å². The Morgan fingerprint density at radius 2 is 2.17 bits per heavy atom. The van der Waals surface area contributed by atoms with E-state index in [2.05, 4.69) is 10.3 Å². The Kier molecular flexibility index (Phi) is 4.22. The first-order valence-corrected chi connectivity index (χ1v) is 8.85. The molecule has 0 radical (unpaired) electrons. The van der Waals surface area contributed by atoms with Crippen LogP contribution in [0.1, 0.15) is 13.3 Å². The van der Waals surface area contributed by atoms with E-state index in [1.807, 2.05) is 6.92 Å². The maximum absolute atomic E-state index is 14.2. The molecule has 0 bridgehead atoms. The third-order valence-corrected chi connectivity index (χ3v) is 6.19. The van der Waals surface area contributed by atoms with Gasteiger partial charge in [0.2, 0.25) is 15.9 Å². The fourth-order valence-electron chi connectivity index (χ4n) is 2.90. The number of sulfonamides is 1. The van der Waals surface area contributed by atoms with Crippen molar-refractivity contribution in [2.24, 2.45) is 0 Å². The van der Waals surface area contributed by atoms with Crippen molar-refractivity contribution >= 4 is 20.8 Å². The van der Waals surface area contributed by atoms with Crippen LogP contribution in [0.4, 0.5) is 4.39 Å². The molecule has 6 nitrogen and oxygen atoms in total. The van der Waals surface area contributed by atoms with E-state index in [0.717, 1.165) is 12.7 Å². The molecule has 1 saturated heterocycles. The molecular weight excluding hydrogens is 321 g/mol. The first-order valence-electron chi connectivity index (χ1n) is 7.41. The Labute approximate surface area is 134 Å². The topological polar surface area (TPSA) is 82.5 Å². The molecule has 0 aliphatic carbocycles. The van der Waals surface area contributed by atoms with Gasteiger partial charge >= 0.3 is 0 Å². The van der Waals surface area contributed by atoms with E-state index < -0.39 is 15.8 Å². The summed E-state index contributed by atoms with van der Waals surface area (Å²) in [5.74, 6) is -1.15. The lowest BCUT2D eigenvalue weighted by molar-refractivity contribution is 0.350. The van der Waals surface area contributed by atoms with Gasteiger partial charge in [0.25, 0.3) is 0 Å². The summed E-state index contributed by atoms with van der Waals surface area (Å²) in [6, 6.07) is 4.11. The Balaban J connectivity index is 2.21. The third-order valence-electron chi connectivity index (χ3n) is 4.13. The van der Waals surface area contributed by atoms with E-state index in [9.17, 15) is 17.9 Å². The fourth-order valence-corrected chi connectivity index (χ4v) is 4.78. The molecule has 1 unspecified atom stereocenters. The molecule has 0 saturated carbocycles. The number of benzene rings is 1. The van der Waals surface area contributed by atoms with Crippen molar-refractivity contribution in [3.05, 3.63) is 30.2 Å². The monoisotopic (exact) mass is 339 g/mol. The average Bonchev–Trinajstić information content (AvgIpc) is 2.75. The molecule has 2 heterocycles. The maximum atomic E-state index is 14.2. The van der Waals surface area contributed by atoms with Crippen LogP contribution in [0.15, 0.2) is 29.3 Å². The van der Waals surface area contributed by atoms with Gasteiger partial charge in [-0.1, -0.05) is 6.07 Å². The molecule has 2 N–H and O–H groups in total. The largest absolute Gasteiger partial charge is 0.493 e. The molecule has 1 atom stereocenters. The Morgan fingerprint density at radius 3 is 2.96 bits per heavy atom. The molecule has 8 heteroatoms. The number of pyridine rings is 1. The number of nitrogens with zero attached hydrogens (tertiary/aromatic N) is 2. The zero-order chi connectivity index (χ0) is 16.6. The number of fused-ring (bicyclic) bond motifs is 1. The molecule has 1 aromatic carbocycles. The SMILES string of the molecule is CC1CCNCCN1S(=O)(=O)c1cccc2c(O)ncc(F)c12. The van der Waals surface area contributed by atoms with Crippen LogP contribution in [-0.4, -0.2) is 48.5 Å². The predicted octanol–water partition coefficient (Wildman–Crippen LogP) is 1.45. The first kappa shape index (κ1) is 16.1. The highest BCUT2D eigenvalue weighted by Gasteiger charge is 2.32. The van der Waals surface area contributed by atoms with Gasteiger partial charge in [0.05, 0.1) is 11.1 Å². The highest BCUT2D eigenvalue weighted by Crippen LogP contribution is 2.32. The molecule has 124 valence electrons. The molecule has 3 rings (SSSR count). The second-order valence-electron chi connectivity index (χ2n) is 5.61. The molecule has 0 spiro atoms. The number of hydrogen-bond acceptors (Lipinski definition) is 5. The van der Waals surface area contributed by atoms with Crippen molar-refractivity contribution in [2.45, 2.75) is 24.3 Å². The number of aromatic hydroxyl groups is 1. The van der Waals surface area contributed by atoms with Gasteiger partial charge in [-0.2, -0.15) is 4.31 Å². The normalized spacial score (nSPS) is 20.5. The summed E-state index contributed by atoms with van der Waals surface area (Å²) >= 11 is 0. The van der Waals surface area contributed by atoms with Gasteiger partial charge in [-0.15, -0.1) is 0 Å². The number of aromatic nitrogens is 1. The molecule has 1 aromatic heterocycles. The summed E-state index contributed by atoms with van der Waals surface area (Å²) in [7, 11) is -3.89. The second-order valence-corrected chi connectivity index (χ2v) is 7.47. The summed E-state index contributed by atoms with van der Waals surface area (Å²) in [5.41, 5.74) is 0. The van der Waals surface area contributed by atoms with E-state index in [4.69, 9.17) is 0 Å². The van der Waals surface area contributed by atoms with Crippen LogP contribution in [-0.2, 0) is 10.0 Å². The van der Waals surface area contributed by atoms with Gasteiger partial charge < -0.3 is 10.4 Å². The molecule has 1 aliphatic heterocycles. The lowest BCUT2D eigenvalue weighted by Crippen LogP contribution is -2.39. The number of nitrogens with one attached hydrogen (secondary N) is 1. The lowest BCUT2D eigenvalue weighted by Gasteiger charge is -2.26. The predicted molar refractivity (Wildman–Crippen MR) is 84.2 cm³/mol. The molecular formula is C15H18FN3O3S. The average molecular weight is 339 g/mol. The van der Waals surface area contributed by atoms with Crippen molar-refractivity contribution < 1.29 is 17.9 Å². The number of hydrogen-bond donors (Lipinski definition) is 2. The van der Waals surface area contributed by atoms with Crippen molar-refractivity contribution in [3.8, 4) is 5.88 Å². The van der Waals surface area contributed by atoms with Gasteiger partial charge in [-0.3, -0.25) is 0 Å². The summed E-state index contributed by atoms with van der Waals surface area (Å²) in [6.45, 7) is 3.44. The van der Waals surface area contributed by atoms with Crippen molar-refractivity contribution in [1.82, 2.24) is 14.6 Å². The second kappa shape index (κ2) is 6.03. The zero-order valence-electron chi connectivity index (χ0n) is 12.7. The lowest BCUT2D eigenvalue weighted by atomic mass is 10.1. The zero-order valence-corrected chi connectivity index (χ0v) is 13.5. The van der Waals surface area contributed by atoms with Gasteiger partial charge in [0.15, 0.2) is 5.82 Å². The van der Waals surface area contributed by atoms with Gasteiger partial charge in [-0.25, -0.2) is 17.8 Å². The number of rotatable bonds is 2. The summed E-state index contributed by atoms with van der Waals surface area (Å²) in [6.07, 6.45) is 1.52. The van der Waals surface area contributed by atoms with Gasteiger partial charge in [0.1, 0.15) is 0 Å². The van der Waals surface area contributed by atoms with E-state index in [0.29, 0.717) is 19.5 Å². The first-order chi connectivity index (χ1) is 10.9. The minimum atomic E-state index is -3.89. The van der Waals surface area contributed by atoms with E-state index in [-0.39, 0.29) is 27.6 Å². The van der Waals surface area contributed by atoms with Crippen LogP contribution in [0.5, 0.6) is 5.88 Å². The maximum Gasteiger partial charge on any atom is 0.244 e. The third kappa shape index (κ3) is 2.77. The van der Waals surface area contributed by atoms with Crippen LogP contribution in [0, 0.1) is 5.82 Å². The van der Waals surface area contributed by atoms with Crippen molar-refractivity contribution in [1.29, 1.82) is 0 Å². The molecule has 1 aliphatic rings. The number of halogens is 1. The minimum Gasteiger partial charge on any atom is -0.493 e. The van der Waals surface area contributed by atoms with Crippen LogP contribution in [0.25, 0.3) is 10.8 Å². The highest BCUT2D eigenvalue weighted by atomic mass is 32.2. The van der Waals surface area contributed by atoms with Crippen molar-refractivity contribution in [3.63, 3.8) is 0 Å². The summed E-state index contributed by atoms with van der Waals surface area (Å²) < 4.78 is 41.7. The summed E-state index contributed by atoms with van der Waals surface area (Å²) in [4.78, 5) is 3.39. The van der Waals surface area contributed by atoms with Gasteiger partial charge in [-0.05, 0) is 32.0 Å². The molecule has 1 fully saturated rings. The summed E-state index contributed by atoms with van der Waals surface area (Å²) in [5, 5.41) is 12.9. The van der Waals surface area contributed by atoms with Crippen LogP contribution in [0.3, 0.4) is 0 Å². The quantitative estimate of drug-likeness (QED) is 0.865. The van der Waals surface area contributed by atoms with E-state index in [1.54, 1.807) is 0 Å².